The van der Waals surface area contributed by atoms with Crippen molar-refractivity contribution in [3.8, 4) is 0 Å². The fourth-order valence-electron chi connectivity index (χ4n) is 3.19. The van der Waals surface area contributed by atoms with Gasteiger partial charge in [-0.1, -0.05) is 19.1 Å². The van der Waals surface area contributed by atoms with Crippen molar-refractivity contribution in [3.05, 3.63) is 53.6 Å². The Kier molecular flexibility index (Phi) is 5.27. The highest BCUT2D eigenvalue weighted by Crippen LogP contribution is 2.24. The van der Waals surface area contributed by atoms with Crippen molar-refractivity contribution < 1.29 is 4.79 Å². The number of nitrogens with one attached hydrogen (secondary N) is 2. The zero-order valence-corrected chi connectivity index (χ0v) is 15.3. The molecule has 4 heteroatoms. The van der Waals surface area contributed by atoms with E-state index in [9.17, 15) is 4.79 Å². The lowest BCUT2D eigenvalue weighted by Crippen LogP contribution is -2.32. The Morgan fingerprint density at radius 3 is 2.36 bits per heavy atom. The van der Waals surface area contributed by atoms with E-state index in [1.54, 1.807) is 0 Å². The van der Waals surface area contributed by atoms with Crippen LogP contribution < -0.4 is 15.5 Å². The van der Waals surface area contributed by atoms with Crippen LogP contribution in [0.15, 0.2) is 42.5 Å². The van der Waals surface area contributed by atoms with Crippen LogP contribution in [0.1, 0.15) is 30.9 Å². The molecule has 0 unspecified atom stereocenters. The van der Waals surface area contributed by atoms with E-state index < -0.39 is 0 Å². The van der Waals surface area contributed by atoms with Gasteiger partial charge in [-0.15, -0.1) is 0 Å². The molecule has 2 aromatic rings. The molecular formula is C21H27N3O. The first-order valence-corrected chi connectivity index (χ1v) is 9.02. The number of amides is 2. The third-order valence-corrected chi connectivity index (χ3v) is 5.13. The number of hydrogen-bond acceptors (Lipinski definition) is 2. The first-order valence-electron chi connectivity index (χ1n) is 9.02. The summed E-state index contributed by atoms with van der Waals surface area (Å²) in [5.74, 6) is 0.825. The number of rotatable bonds is 3. The Labute approximate surface area is 150 Å². The van der Waals surface area contributed by atoms with E-state index in [-0.39, 0.29) is 6.03 Å². The number of anilines is 3. The quantitative estimate of drug-likeness (QED) is 0.810. The number of urea groups is 1. The lowest BCUT2D eigenvalue weighted by Gasteiger charge is -2.32. The van der Waals surface area contributed by atoms with Gasteiger partial charge >= 0.3 is 6.03 Å². The van der Waals surface area contributed by atoms with Crippen LogP contribution in [0, 0.1) is 19.8 Å². The van der Waals surface area contributed by atoms with Crippen molar-refractivity contribution in [2.24, 2.45) is 5.92 Å². The van der Waals surface area contributed by atoms with Crippen molar-refractivity contribution >= 4 is 23.1 Å². The number of aryl methyl sites for hydroxylation is 1. The molecule has 25 heavy (non-hydrogen) atoms. The maximum absolute atomic E-state index is 12.2. The van der Waals surface area contributed by atoms with Gasteiger partial charge in [-0.05, 0) is 74.1 Å². The Hall–Kier alpha value is -2.49. The summed E-state index contributed by atoms with van der Waals surface area (Å²) in [5, 5.41) is 5.83. The Bertz CT molecular complexity index is 731. The van der Waals surface area contributed by atoms with Crippen molar-refractivity contribution in [1.29, 1.82) is 0 Å². The zero-order valence-electron chi connectivity index (χ0n) is 15.3. The SMILES string of the molecule is Cc1cccc(NC(=O)Nc2ccc(N3CCC(C)CC3)cc2)c1C. The first kappa shape index (κ1) is 17.3. The molecule has 1 aliphatic rings. The molecule has 1 heterocycles. The van der Waals surface area contributed by atoms with Crippen LogP contribution in [-0.2, 0) is 0 Å². The molecule has 1 saturated heterocycles. The van der Waals surface area contributed by atoms with Crippen molar-refractivity contribution in [2.45, 2.75) is 33.6 Å². The molecule has 1 aliphatic heterocycles. The van der Waals surface area contributed by atoms with Crippen LogP contribution in [0.5, 0.6) is 0 Å². The van der Waals surface area contributed by atoms with Gasteiger partial charge in [0.1, 0.15) is 0 Å². The highest BCUT2D eigenvalue weighted by molar-refractivity contribution is 6.00. The standard InChI is InChI=1S/C21H27N3O/c1-15-11-13-24(14-12-15)19-9-7-18(8-10-19)22-21(25)23-20-6-4-5-16(2)17(20)3/h4-10,15H,11-14H2,1-3H3,(H2,22,23,25). The molecule has 0 saturated carbocycles. The number of carbonyl (C=O) groups is 1. The maximum atomic E-state index is 12.2. The van der Waals surface area contributed by atoms with Gasteiger partial charge in [0.15, 0.2) is 0 Å². The van der Waals surface area contributed by atoms with Crippen molar-refractivity contribution in [1.82, 2.24) is 0 Å². The minimum atomic E-state index is -0.215. The molecule has 4 nitrogen and oxygen atoms in total. The number of piperidine rings is 1. The fraction of sp³-hybridized carbons (Fsp3) is 0.381. The predicted molar refractivity (Wildman–Crippen MR) is 106 cm³/mol. The summed E-state index contributed by atoms with van der Waals surface area (Å²) in [6, 6.07) is 13.8. The molecule has 0 atom stereocenters. The van der Waals surface area contributed by atoms with Gasteiger partial charge in [0.25, 0.3) is 0 Å². The molecule has 3 rings (SSSR count). The molecule has 0 spiro atoms. The minimum Gasteiger partial charge on any atom is -0.372 e. The van der Waals surface area contributed by atoms with Gasteiger partial charge in [0.05, 0.1) is 0 Å². The van der Waals surface area contributed by atoms with Crippen LogP contribution in [0.3, 0.4) is 0 Å². The molecule has 2 amide bonds. The smallest absolute Gasteiger partial charge is 0.323 e. The van der Waals surface area contributed by atoms with Gasteiger partial charge in [0, 0.05) is 30.2 Å². The van der Waals surface area contributed by atoms with E-state index in [0.717, 1.165) is 41.5 Å². The van der Waals surface area contributed by atoms with Crippen molar-refractivity contribution in [2.75, 3.05) is 28.6 Å². The first-order chi connectivity index (χ1) is 12.0. The second kappa shape index (κ2) is 7.60. The minimum absolute atomic E-state index is 0.215. The summed E-state index contributed by atoms with van der Waals surface area (Å²) in [5.41, 5.74) is 5.13. The van der Waals surface area contributed by atoms with E-state index in [2.05, 4.69) is 34.6 Å². The summed E-state index contributed by atoms with van der Waals surface area (Å²) in [6.45, 7) is 8.60. The maximum Gasteiger partial charge on any atom is 0.323 e. The van der Waals surface area contributed by atoms with E-state index in [1.165, 1.54) is 18.5 Å². The number of benzene rings is 2. The van der Waals surface area contributed by atoms with Crippen LogP contribution in [0.25, 0.3) is 0 Å². The van der Waals surface area contributed by atoms with E-state index in [1.807, 2.05) is 44.2 Å². The van der Waals surface area contributed by atoms with E-state index >= 15 is 0 Å². The molecule has 132 valence electrons. The molecule has 0 radical (unpaired) electrons. The zero-order chi connectivity index (χ0) is 17.8. The predicted octanol–water partition coefficient (Wildman–Crippen LogP) is 5.18. The molecular weight excluding hydrogens is 310 g/mol. The van der Waals surface area contributed by atoms with Crippen LogP contribution in [0.4, 0.5) is 21.9 Å². The highest BCUT2D eigenvalue weighted by atomic mass is 16.2. The molecule has 2 N–H and O–H groups in total. The molecule has 0 aromatic heterocycles. The normalized spacial score (nSPS) is 15.1. The molecule has 0 aliphatic carbocycles. The molecule has 1 fully saturated rings. The van der Waals surface area contributed by atoms with Crippen LogP contribution in [0.2, 0.25) is 0 Å². The summed E-state index contributed by atoms with van der Waals surface area (Å²) in [4.78, 5) is 14.7. The highest BCUT2D eigenvalue weighted by Gasteiger charge is 2.16. The lowest BCUT2D eigenvalue weighted by atomic mass is 9.99. The second-order valence-electron chi connectivity index (χ2n) is 7.04. The van der Waals surface area contributed by atoms with Gasteiger partial charge in [0.2, 0.25) is 0 Å². The lowest BCUT2D eigenvalue weighted by molar-refractivity contribution is 0.262. The Morgan fingerprint density at radius 1 is 1.00 bits per heavy atom. The third kappa shape index (κ3) is 4.32. The van der Waals surface area contributed by atoms with Crippen molar-refractivity contribution in [3.63, 3.8) is 0 Å². The van der Waals surface area contributed by atoms with Gasteiger partial charge in [-0.25, -0.2) is 4.79 Å². The Balaban J connectivity index is 1.59. The van der Waals surface area contributed by atoms with E-state index in [4.69, 9.17) is 0 Å². The number of hydrogen-bond donors (Lipinski definition) is 2. The average molecular weight is 337 g/mol. The summed E-state index contributed by atoms with van der Waals surface area (Å²) < 4.78 is 0. The van der Waals surface area contributed by atoms with Gasteiger partial charge in [-0.2, -0.15) is 0 Å². The third-order valence-electron chi connectivity index (χ3n) is 5.13. The van der Waals surface area contributed by atoms with Crippen LogP contribution >= 0.6 is 0 Å². The van der Waals surface area contributed by atoms with Gasteiger partial charge < -0.3 is 15.5 Å². The molecule has 2 aromatic carbocycles. The number of nitrogens with zero attached hydrogens (tertiary/aromatic N) is 1. The molecule has 0 bridgehead atoms. The number of carbonyl (C=O) groups excluding carboxylic acids is 1. The largest absolute Gasteiger partial charge is 0.372 e. The second-order valence-corrected chi connectivity index (χ2v) is 7.04. The summed E-state index contributed by atoms with van der Waals surface area (Å²) >= 11 is 0. The monoisotopic (exact) mass is 337 g/mol. The topological polar surface area (TPSA) is 44.4 Å². The van der Waals surface area contributed by atoms with E-state index in [0.29, 0.717) is 0 Å². The summed E-state index contributed by atoms with van der Waals surface area (Å²) in [7, 11) is 0. The Morgan fingerprint density at radius 2 is 1.68 bits per heavy atom. The fourth-order valence-corrected chi connectivity index (χ4v) is 3.19. The summed E-state index contributed by atoms with van der Waals surface area (Å²) in [6.07, 6.45) is 2.50. The van der Waals surface area contributed by atoms with Gasteiger partial charge in [-0.3, -0.25) is 0 Å². The van der Waals surface area contributed by atoms with Crippen LogP contribution in [-0.4, -0.2) is 19.1 Å². The average Bonchev–Trinajstić information content (AvgIpc) is 2.60.